The maximum atomic E-state index is 13.4. The first-order valence-corrected chi connectivity index (χ1v) is 7.14. The molecular formula is C14H27F2N. The normalized spacial score (nSPS) is 25.8. The molecule has 0 aromatic carbocycles. The van der Waals surface area contributed by atoms with Crippen molar-refractivity contribution in [2.24, 2.45) is 5.92 Å². The Kier molecular flexibility index (Phi) is 6.39. The second kappa shape index (κ2) is 7.30. The van der Waals surface area contributed by atoms with Crippen molar-refractivity contribution in [1.29, 1.82) is 0 Å². The number of halogens is 2. The van der Waals surface area contributed by atoms with Gasteiger partial charge in [-0.1, -0.05) is 32.6 Å². The molecule has 2 unspecified atom stereocenters. The first-order valence-electron chi connectivity index (χ1n) is 7.14. The van der Waals surface area contributed by atoms with E-state index in [9.17, 15) is 8.78 Å². The van der Waals surface area contributed by atoms with Crippen LogP contribution in [0.5, 0.6) is 0 Å². The summed E-state index contributed by atoms with van der Waals surface area (Å²) in [5, 5.41) is 3.25. The van der Waals surface area contributed by atoms with Crippen LogP contribution in [0.15, 0.2) is 0 Å². The fourth-order valence-electron chi connectivity index (χ4n) is 2.96. The Bertz CT molecular complexity index is 206. The van der Waals surface area contributed by atoms with Gasteiger partial charge in [-0.25, -0.2) is 8.78 Å². The number of alkyl halides is 2. The molecule has 3 heteroatoms. The predicted molar refractivity (Wildman–Crippen MR) is 68.5 cm³/mol. The smallest absolute Gasteiger partial charge is 0.248 e. The molecule has 1 N–H and O–H groups in total. The number of hydrogen-bond donors (Lipinski definition) is 1. The predicted octanol–water partition coefficient (Wildman–Crippen LogP) is 4.37. The van der Waals surface area contributed by atoms with Crippen molar-refractivity contribution in [3.05, 3.63) is 0 Å². The minimum absolute atomic E-state index is 0.0896. The van der Waals surface area contributed by atoms with Crippen LogP contribution in [-0.4, -0.2) is 19.0 Å². The van der Waals surface area contributed by atoms with Gasteiger partial charge in [-0.2, -0.15) is 0 Å². The van der Waals surface area contributed by atoms with Crippen molar-refractivity contribution in [3.8, 4) is 0 Å². The highest BCUT2D eigenvalue weighted by Crippen LogP contribution is 2.38. The van der Waals surface area contributed by atoms with E-state index in [1.54, 1.807) is 0 Å². The molecule has 0 spiro atoms. The van der Waals surface area contributed by atoms with Gasteiger partial charge in [0.15, 0.2) is 0 Å². The molecule has 1 nitrogen and oxygen atoms in total. The summed E-state index contributed by atoms with van der Waals surface area (Å²) >= 11 is 0. The summed E-state index contributed by atoms with van der Waals surface area (Å²) in [6, 6.07) is 0.290. The van der Waals surface area contributed by atoms with Gasteiger partial charge in [0, 0.05) is 18.9 Å². The Hall–Kier alpha value is -0.180. The van der Waals surface area contributed by atoms with E-state index in [1.807, 2.05) is 7.05 Å². The van der Waals surface area contributed by atoms with Gasteiger partial charge in [0.1, 0.15) is 0 Å². The van der Waals surface area contributed by atoms with Crippen molar-refractivity contribution >= 4 is 0 Å². The summed E-state index contributed by atoms with van der Waals surface area (Å²) in [7, 11) is 1.91. The van der Waals surface area contributed by atoms with Gasteiger partial charge in [0.05, 0.1) is 0 Å². The van der Waals surface area contributed by atoms with Crippen LogP contribution in [0, 0.1) is 5.92 Å². The van der Waals surface area contributed by atoms with Crippen molar-refractivity contribution in [3.63, 3.8) is 0 Å². The fraction of sp³-hybridized carbons (Fsp3) is 1.00. The van der Waals surface area contributed by atoms with Gasteiger partial charge in [0.2, 0.25) is 5.92 Å². The Morgan fingerprint density at radius 2 is 2.06 bits per heavy atom. The second-order valence-corrected chi connectivity index (χ2v) is 5.46. The highest BCUT2D eigenvalue weighted by atomic mass is 19.3. The second-order valence-electron chi connectivity index (χ2n) is 5.46. The molecule has 2 atom stereocenters. The molecule has 0 aromatic heterocycles. The molecular weight excluding hydrogens is 220 g/mol. The number of rotatable bonds is 7. The molecule has 0 amide bonds. The van der Waals surface area contributed by atoms with Crippen LogP contribution in [-0.2, 0) is 0 Å². The van der Waals surface area contributed by atoms with Crippen molar-refractivity contribution in [2.45, 2.75) is 76.7 Å². The monoisotopic (exact) mass is 247 g/mol. The molecule has 0 saturated heterocycles. The largest absolute Gasteiger partial charge is 0.317 e. The molecule has 1 fully saturated rings. The van der Waals surface area contributed by atoms with Crippen LogP contribution in [0.25, 0.3) is 0 Å². The van der Waals surface area contributed by atoms with Gasteiger partial charge in [0.25, 0.3) is 0 Å². The molecule has 1 saturated carbocycles. The number of hydrogen-bond acceptors (Lipinski definition) is 1. The lowest BCUT2D eigenvalue weighted by Gasteiger charge is -2.34. The lowest BCUT2D eigenvalue weighted by Crippen LogP contribution is -2.39. The van der Waals surface area contributed by atoms with E-state index in [4.69, 9.17) is 0 Å². The fourth-order valence-corrected chi connectivity index (χ4v) is 2.96. The van der Waals surface area contributed by atoms with E-state index in [0.29, 0.717) is 6.42 Å². The van der Waals surface area contributed by atoms with Crippen molar-refractivity contribution < 1.29 is 8.78 Å². The summed E-state index contributed by atoms with van der Waals surface area (Å²) in [5.74, 6) is -2.24. The zero-order valence-corrected chi connectivity index (χ0v) is 11.3. The average Bonchev–Trinajstić information content (AvgIpc) is 2.28. The van der Waals surface area contributed by atoms with E-state index in [0.717, 1.165) is 12.8 Å². The number of unbranched alkanes of at least 4 members (excludes halogenated alkanes) is 3. The molecule has 0 bridgehead atoms. The third-order valence-corrected chi connectivity index (χ3v) is 3.99. The van der Waals surface area contributed by atoms with E-state index < -0.39 is 5.92 Å². The highest BCUT2D eigenvalue weighted by molar-refractivity contribution is 4.85. The summed E-state index contributed by atoms with van der Waals surface area (Å²) in [4.78, 5) is 0. The minimum atomic E-state index is -2.42. The zero-order valence-electron chi connectivity index (χ0n) is 11.3. The van der Waals surface area contributed by atoms with Gasteiger partial charge in [-0.3, -0.25) is 0 Å². The van der Waals surface area contributed by atoms with Gasteiger partial charge >= 0.3 is 0 Å². The van der Waals surface area contributed by atoms with Crippen LogP contribution >= 0.6 is 0 Å². The lowest BCUT2D eigenvalue weighted by molar-refractivity contribution is -0.0582. The molecule has 0 aliphatic heterocycles. The lowest BCUT2D eigenvalue weighted by atomic mass is 9.80. The summed E-state index contributed by atoms with van der Waals surface area (Å²) in [6.07, 6.45) is 7.78. The maximum absolute atomic E-state index is 13.4. The first-order chi connectivity index (χ1) is 8.09. The van der Waals surface area contributed by atoms with Crippen LogP contribution < -0.4 is 5.32 Å². The summed E-state index contributed by atoms with van der Waals surface area (Å²) < 4.78 is 26.7. The Morgan fingerprint density at radius 3 is 2.65 bits per heavy atom. The van der Waals surface area contributed by atoms with E-state index in [2.05, 4.69) is 12.2 Å². The first kappa shape index (κ1) is 14.9. The van der Waals surface area contributed by atoms with E-state index in [1.165, 1.54) is 25.7 Å². The molecule has 17 heavy (non-hydrogen) atoms. The standard InChI is InChI=1S/C14H27F2N/c1-3-4-5-6-9-13(17-2)12-8-7-10-14(15,16)11-12/h12-13,17H,3-11H2,1-2H3. The Labute approximate surface area is 104 Å². The van der Waals surface area contributed by atoms with Crippen LogP contribution in [0.4, 0.5) is 8.78 Å². The van der Waals surface area contributed by atoms with Gasteiger partial charge in [-0.05, 0) is 32.2 Å². The van der Waals surface area contributed by atoms with Crippen molar-refractivity contribution in [2.75, 3.05) is 7.05 Å². The third kappa shape index (κ3) is 5.33. The SMILES string of the molecule is CCCCCCC(NC)C1CCCC(F)(F)C1. The molecule has 0 radical (unpaired) electrons. The summed E-state index contributed by atoms with van der Waals surface area (Å²) in [6.45, 7) is 2.19. The van der Waals surface area contributed by atoms with Crippen LogP contribution in [0.3, 0.4) is 0 Å². The van der Waals surface area contributed by atoms with Crippen LogP contribution in [0.1, 0.15) is 64.7 Å². The molecule has 0 aromatic rings. The van der Waals surface area contributed by atoms with E-state index >= 15 is 0 Å². The topological polar surface area (TPSA) is 12.0 Å². The molecule has 1 aliphatic carbocycles. The third-order valence-electron chi connectivity index (χ3n) is 3.99. The maximum Gasteiger partial charge on any atom is 0.248 e. The Morgan fingerprint density at radius 1 is 1.29 bits per heavy atom. The Balaban J connectivity index is 2.33. The number of nitrogens with one attached hydrogen (secondary N) is 1. The summed E-state index contributed by atoms with van der Waals surface area (Å²) in [5.41, 5.74) is 0. The minimum Gasteiger partial charge on any atom is -0.317 e. The molecule has 0 heterocycles. The average molecular weight is 247 g/mol. The van der Waals surface area contributed by atoms with Crippen molar-refractivity contribution in [1.82, 2.24) is 5.32 Å². The zero-order chi connectivity index (χ0) is 12.7. The molecule has 1 aliphatic rings. The van der Waals surface area contributed by atoms with E-state index in [-0.39, 0.29) is 24.8 Å². The van der Waals surface area contributed by atoms with Gasteiger partial charge in [-0.15, -0.1) is 0 Å². The molecule has 1 rings (SSSR count). The quantitative estimate of drug-likeness (QED) is 0.659. The van der Waals surface area contributed by atoms with Crippen LogP contribution in [0.2, 0.25) is 0 Å². The van der Waals surface area contributed by atoms with Gasteiger partial charge < -0.3 is 5.32 Å². The highest BCUT2D eigenvalue weighted by Gasteiger charge is 2.38. The molecule has 102 valence electrons.